The van der Waals surface area contributed by atoms with Gasteiger partial charge in [-0.15, -0.1) is 0 Å². The molecule has 2 aromatic heterocycles. The number of H-pyrrole nitrogens is 1. The number of aromatic amines is 1. The summed E-state index contributed by atoms with van der Waals surface area (Å²) in [5, 5.41) is 0. The van der Waals surface area contributed by atoms with E-state index in [1.165, 1.54) is 0 Å². The third-order valence-corrected chi connectivity index (χ3v) is 2.48. The first kappa shape index (κ1) is 11.7. The number of hydrogen-bond acceptors (Lipinski definition) is 4. The topological polar surface area (TPSA) is 50.8 Å². The van der Waals surface area contributed by atoms with Crippen molar-refractivity contribution in [1.82, 2.24) is 15.0 Å². The van der Waals surface area contributed by atoms with Gasteiger partial charge in [0.05, 0.1) is 12.8 Å². The summed E-state index contributed by atoms with van der Waals surface area (Å²) in [7, 11) is 0. The van der Waals surface area contributed by atoms with Crippen LogP contribution < -0.4 is 4.74 Å². The van der Waals surface area contributed by atoms with E-state index in [4.69, 9.17) is 17.0 Å². The fourth-order valence-electron chi connectivity index (χ4n) is 1.40. The Morgan fingerprint density at radius 2 is 2.29 bits per heavy atom. The Labute approximate surface area is 105 Å². The third kappa shape index (κ3) is 2.88. The normalized spacial score (nSPS) is 10.2. The molecule has 0 saturated carbocycles. The predicted molar refractivity (Wildman–Crippen MR) is 68.4 cm³/mol. The monoisotopic (exact) mass is 247 g/mol. The van der Waals surface area contributed by atoms with Crippen LogP contribution in [0.4, 0.5) is 0 Å². The quantitative estimate of drug-likeness (QED) is 0.844. The molecule has 5 heteroatoms. The van der Waals surface area contributed by atoms with E-state index in [2.05, 4.69) is 21.9 Å². The van der Waals surface area contributed by atoms with E-state index in [-0.39, 0.29) is 0 Å². The van der Waals surface area contributed by atoms with Gasteiger partial charge in [-0.25, -0.2) is 0 Å². The molecule has 0 aliphatic heterocycles. The number of rotatable bonds is 4. The highest BCUT2D eigenvalue weighted by atomic mass is 32.1. The molecule has 0 bridgehead atoms. The molecule has 0 saturated heterocycles. The van der Waals surface area contributed by atoms with Gasteiger partial charge in [-0.3, -0.25) is 9.97 Å². The fourth-order valence-corrected chi connectivity index (χ4v) is 1.64. The number of pyridine rings is 1. The molecule has 1 N–H and O–H groups in total. The molecule has 0 unspecified atom stereocenters. The number of hydrogen-bond donors (Lipinski definition) is 1. The molecular formula is C12H13N3OS. The highest BCUT2D eigenvalue weighted by Gasteiger charge is 2.03. The summed E-state index contributed by atoms with van der Waals surface area (Å²) >= 11 is 5.18. The first-order valence-corrected chi connectivity index (χ1v) is 5.84. The van der Waals surface area contributed by atoms with Crippen LogP contribution in [0, 0.1) is 4.64 Å². The minimum absolute atomic E-state index is 0.599. The molecule has 0 fully saturated rings. The van der Waals surface area contributed by atoms with Crippen LogP contribution in [0.15, 0.2) is 30.9 Å². The Balaban J connectivity index is 2.33. The highest BCUT2D eigenvalue weighted by molar-refractivity contribution is 7.71. The Kier molecular flexibility index (Phi) is 3.82. The Morgan fingerprint density at radius 3 is 3.06 bits per heavy atom. The van der Waals surface area contributed by atoms with Gasteiger partial charge in [0, 0.05) is 24.2 Å². The van der Waals surface area contributed by atoms with Gasteiger partial charge in [-0.05, 0) is 12.5 Å². The lowest BCUT2D eigenvalue weighted by Gasteiger charge is -2.05. The van der Waals surface area contributed by atoms with Crippen molar-refractivity contribution in [3.05, 3.63) is 35.5 Å². The summed E-state index contributed by atoms with van der Waals surface area (Å²) in [5.74, 6) is 0.740. The van der Waals surface area contributed by atoms with Crippen LogP contribution in [-0.4, -0.2) is 21.6 Å². The van der Waals surface area contributed by atoms with Crippen LogP contribution in [0.3, 0.4) is 0 Å². The molecule has 0 radical (unpaired) electrons. The molecule has 0 aromatic carbocycles. The largest absolute Gasteiger partial charge is 0.492 e. The van der Waals surface area contributed by atoms with Crippen molar-refractivity contribution in [2.75, 3.05) is 6.61 Å². The van der Waals surface area contributed by atoms with Crippen molar-refractivity contribution >= 4 is 12.2 Å². The smallest absolute Gasteiger partial charge is 0.138 e. The molecule has 2 rings (SSSR count). The van der Waals surface area contributed by atoms with Gasteiger partial charge in [-0.2, -0.15) is 0 Å². The summed E-state index contributed by atoms with van der Waals surface area (Å²) in [6, 6.07) is 1.90. The molecule has 88 valence electrons. The highest BCUT2D eigenvalue weighted by Crippen LogP contribution is 2.20. The zero-order valence-electron chi connectivity index (χ0n) is 9.51. The number of nitrogens with zero attached hydrogens (tertiary/aromatic N) is 2. The molecule has 0 aliphatic carbocycles. The summed E-state index contributed by atoms with van der Waals surface area (Å²) in [4.78, 5) is 11.3. The number of aromatic nitrogens is 3. The van der Waals surface area contributed by atoms with Gasteiger partial charge in [-0.1, -0.05) is 19.1 Å². The minimum atomic E-state index is 0.599. The van der Waals surface area contributed by atoms with Crippen LogP contribution in [0.5, 0.6) is 5.75 Å². The van der Waals surface area contributed by atoms with E-state index in [0.29, 0.717) is 11.2 Å². The number of nitrogens with one attached hydrogen (secondary N) is 1. The van der Waals surface area contributed by atoms with E-state index >= 15 is 0 Å². The first-order chi connectivity index (χ1) is 8.31. The molecule has 17 heavy (non-hydrogen) atoms. The van der Waals surface area contributed by atoms with Gasteiger partial charge in [0.25, 0.3) is 0 Å². The molecule has 0 spiro atoms. The maximum Gasteiger partial charge on any atom is 0.138 e. The number of ether oxygens (including phenoxy) is 1. The van der Waals surface area contributed by atoms with Crippen molar-refractivity contribution in [2.45, 2.75) is 13.3 Å². The molecule has 0 amide bonds. The molecule has 2 aromatic rings. The van der Waals surface area contributed by atoms with Crippen molar-refractivity contribution in [3.8, 4) is 17.0 Å². The first-order valence-electron chi connectivity index (χ1n) is 5.43. The molecular weight excluding hydrogens is 234 g/mol. The summed E-state index contributed by atoms with van der Waals surface area (Å²) < 4.78 is 6.12. The minimum Gasteiger partial charge on any atom is -0.492 e. The second kappa shape index (κ2) is 5.54. The lowest BCUT2D eigenvalue weighted by molar-refractivity contribution is 0.316. The lowest BCUT2D eigenvalue weighted by atomic mass is 10.2. The fraction of sp³-hybridized carbons (Fsp3) is 0.250. The van der Waals surface area contributed by atoms with Gasteiger partial charge in [0.15, 0.2) is 0 Å². The lowest BCUT2D eigenvalue weighted by Crippen LogP contribution is -1.96. The molecule has 4 nitrogen and oxygen atoms in total. The SMILES string of the molecule is CCCOc1cncc(-c2ncc[nH]c2=S)c1. The standard InChI is InChI=1S/C12H13N3OS/c1-2-5-16-10-6-9(7-13-8-10)11-12(17)15-4-3-14-11/h3-4,6-8H,2,5H2,1H3,(H,15,17). The Morgan fingerprint density at radius 1 is 1.41 bits per heavy atom. The van der Waals surface area contributed by atoms with Crippen LogP contribution in [-0.2, 0) is 0 Å². The van der Waals surface area contributed by atoms with Gasteiger partial charge in [0.1, 0.15) is 16.1 Å². The van der Waals surface area contributed by atoms with E-state index in [0.717, 1.165) is 23.4 Å². The molecule has 2 heterocycles. The van der Waals surface area contributed by atoms with Crippen molar-refractivity contribution in [2.24, 2.45) is 0 Å². The Bertz CT molecular complexity index is 553. The molecule has 0 aliphatic rings. The second-order valence-corrected chi connectivity index (χ2v) is 3.93. The summed E-state index contributed by atoms with van der Waals surface area (Å²) in [6.45, 7) is 2.74. The average molecular weight is 247 g/mol. The van der Waals surface area contributed by atoms with Gasteiger partial charge < -0.3 is 9.72 Å². The second-order valence-electron chi connectivity index (χ2n) is 3.52. The van der Waals surface area contributed by atoms with Crippen molar-refractivity contribution in [1.29, 1.82) is 0 Å². The van der Waals surface area contributed by atoms with Gasteiger partial charge in [0.2, 0.25) is 0 Å². The zero-order chi connectivity index (χ0) is 12.1. The predicted octanol–water partition coefficient (Wildman–Crippen LogP) is 2.99. The van der Waals surface area contributed by atoms with E-state index in [1.807, 2.05) is 6.07 Å². The van der Waals surface area contributed by atoms with Crippen LogP contribution in [0.1, 0.15) is 13.3 Å². The maximum atomic E-state index is 5.52. The van der Waals surface area contributed by atoms with Crippen LogP contribution >= 0.6 is 12.2 Å². The van der Waals surface area contributed by atoms with E-state index in [9.17, 15) is 0 Å². The third-order valence-electron chi connectivity index (χ3n) is 2.17. The molecule has 0 atom stereocenters. The van der Waals surface area contributed by atoms with Crippen molar-refractivity contribution < 1.29 is 4.74 Å². The average Bonchev–Trinajstić information content (AvgIpc) is 2.37. The van der Waals surface area contributed by atoms with E-state index in [1.54, 1.807) is 24.8 Å². The maximum absolute atomic E-state index is 5.52. The Hall–Kier alpha value is -1.75. The van der Waals surface area contributed by atoms with Gasteiger partial charge >= 0.3 is 0 Å². The zero-order valence-corrected chi connectivity index (χ0v) is 10.3. The van der Waals surface area contributed by atoms with E-state index < -0.39 is 0 Å². The van der Waals surface area contributed by atoms with Crippen LogP contribution in [0.2, 0.25) is 0 Å². The van der Waals surface area contributed by atoms with Crippen molar-refractivity contribution in [3.63, 3.8) is 0 Å². The summed E-state index contributed by atoms with van der Waals surface area (Å²) in [6.07, 6.45) is 7.76. The summed E-state index contributed by atoms with van der Waals surface area (Å²) in [5.41, 5.74) is 1.58. The van der Waals surface area contributed by atoms with Crippen LogP contribution in [0.25, 0.3) is 11.3 Å².